The van der Waals surface area contributed by atoms with E-state index in [2.05, 4.69) is 15.5 Å². The van der Waals surface area contributed by atoms with Crippen molar-refractivity contribution in [2.75, 3.05) is 18.4 Å². The van der Waals surface area contributed by atoms with Crippen molar-refractivity contribution < 1.29 is 14.0 Å². The zero-order chi connectivity index (χ0) is 22.8. The molecule has 2 N–H and O–H groups in total. The summed E-state index contributed by atoms with van der Waals surface area (Å²) in [4.78, 5) is 27.3. The number of H-pyrrole nitrogens is 1. The van der Waals surface area contributed by atoms with Crippen molar-refractivity contribution in [1.82, 2.24) is 15.1 Å². The van der Waals surface area contributed by atoms with Gasteiger partial charge in [0.25, 0.3) is 11.8 Å². The van der Waals surface area contributed by atoms with Gasteiger partial charge >= 0.3 is 0 Å². The van der Waals surface area contributed by atoms with Crippen LogP contribution in [0.3, 0.4) is 0 Å². The first-order valence-corrected chi connectivity index (χ1v) is 11.0. The number of aromatic amines is 1. The van der Waals surface area contributed by atoms with Crippen molar-refractivity contribution in [1.29, 1.82) is 0 Å². The SMILES string of the molecule is O=C(Nc1ccccc1F)c1cc(C2CCN(C(=O)c3ccc4ccccc4c3)CC2)[nH]n1. The second-order valence-corrected chi connectivity index (χ2v) is 8.27. The number of anilines is 1. The van der Waals surface area contributed by atoms with Gasteiger partial charge in [-0.15, -0.1) is 0 Å². The van der Waals surface area contributed by atoms with Crippen LogP contribution in [-0.2, 0) is 0 Å². The molecule has 2 amide bonds. The highest BCUT2D eigenvalue weighted by molar-refractivity contribution is 6.03. The van der Waals surface area contributed by atoms with Crippen molar-refractivity contribution in [3.63, 3.8) is 0 Å². The number of likely N-dealkylation sites (tertiary alicyclic amines) is 1. The Balaban J connectivity index is 1.21. The molecule has 6 nitrogen and oxygen atoms in total. The number of para-hydroxylation sites is 1. The lowest BCUT2D eigenvalue weighted by Crippen LogP contribution is -2.38. The number of aromatic nitrogens is 2. The summed E-state index contributed by atoms with van der Waals surface area (Å²) < 4.78 is 13.8. The van der Waals surface area contributed by atoms with Crippen molar-refractivity contribution in [2.24, 2.45) is 0 Å². The molecule has 0 spiro atoms. The van der Waals surface area contributed by atoms with Gasteiger partial charge in [0, 0.05) is 30.3 Å². The van der Waals surface area contributed by atoms with E-state index in [0.29, 0.717) is 18.7 Å². The molecule has 33 heavy (non-hydrogen) atoms. The third kappa shape index (κ3) is 4.35. The minimum atomic E-state index is -0.495. The Morgan fingerprint density at radius 1 is 0.939 bits per heavy atom. The van der Waals surface area contributed by atoms with Gasteiger partial charge in [-0.05, 0) is 53.9 Å². The maximum atomic E-state index is 13.8. The van der Waals surface area contributed by atoms with Crippen LogP contribution in [0.15, 0.2) is 72.8 Å². The van der Waals surface area contributed by atoms with Crippen molar-refractivity contribution in [3.05, 3.63) is 95.6 Å². The summed E-state index contributed by atoms with van der Waals surface area (Å²) in [5, 5.41) is 11.8. The number of benzene rings is 3. The van der Waals surface area contributed by atoms with Gasteiger partial charge in [0.15, 0.2) is 5.69 Å². The molecule has 7 heteroatoms. The van der Waals surface area contributed by atoms with Gasteiger partial charge in [0.1, 0.15) is 5.82 Å². The van der Waals surface area contributed by atoms with Crippen LogP contribution in [0.5, 0.6) is 0 Å². The predicted molar refractivity (Wildman–Crippen MR) is 125 cm³/mol. The molecule has 1 saturated heterocycles. The Kier molecular flexibility index (Phi) is 5.60. The molecule has 0 saturated carbocycles. The molecule has 1 aromatic heterocycles. The van der Waals surface area contributed by atoms with Crippen molar-refractivity contribution >= 4 is 28.3 Å². The number of hydrogen-bond acceptors (Lipinski definition) is 3. The van der Waals surface area contributed by atoms with E-state index < -0.39 is 11.7 Å². The molecule has 0 bridgehead atoms. The first-order chi connectivity index (χ1) is 16.1. The number of halogens is 1. The average molecular weight is 442 g/mol. The summed E-state index contributed by atoms with van der Waals surface area (Å²) in [6.07, 6.45) is 1.55. The number of hydrogen-bond donors (Lipinski definition) is 2. The Morgan fingerprint density at radius 2 is 1.67 bits per heavy atom. The second-order valence-electron chi connectivity index (χ2n) is 8.27. The number of piperidine rings is 1. The normalized spacial score (nSPS) is 14.4. The fraction of sp³-hybridized carbons (Fsp3) is 0.192. The van der Waals surface area contributed by atoms with Gasteiger partial charge in [-0.3, -0.25) is 14.7 Å². The Morgan fingerprint density at radius 3 is 2.45 bits per heavy atom. The van der Waals surface area contributed by atoms with Gasteiger partial charge in [-0.2, -0.15) is 5.10 Å². The van der Waals surface area contributed by atoms with Crippen LogP contribution in [0.1, 0.15) is 45.3 Å². The zero-order valence-corrected chi connectivity index (χ0v) is 17.9. The number of fused-ring (bicyclic) bond motifs is 1. The van der Waals surface area contributed by atoms with Crippen molar-refractivity contribution in [3.8, 4) is 0 Å². The van der Waals surface area contributed by atoms with E-state index in [1.54, 1.807) is 18.2 Å². The average Bonchev–Trinajstić information content (AvgIpc) is 3.35. The molecule has 4 aromatic rings. The monoisotopic (exact) mass is 442 g/mol. The molecule has 2 heterocycles. The molecule has 0 atom stereocenters. The molecular weight excluding hydrogens is 419 g/mol. The molecule has 0 radical (unpaired) electrons. The summed E-state index contributed by atoms with van der Waals surface area (Å²) in [6, 6.07) is 21.5. The van der Waals surface area contributed by atoms with Gasteiger partial charge in [0.05, 0.1) is 5.69 Å². The molecule has 0 aliphatic carbocycles. The van der Waals surface area contributed by atoms with Crippen LogP contribution in [-0.4, -0.2) is 40.0 Å². The Hall–Kier alpha value is -4.00. The quantitative estimate of drug-likeness (QED) is 0.468. The summed E-state index contributed by atoms with van der Waals surface area (Å²) in [6.45, 7) is 1.26. The fourth-order valence-electron chi connectivity index (χ4n) is 4.31. The van der Waals surface area contributed by atoms with Crippen LogP contribution < -0.4 is 5.32 Å². The van der Waals surface area contributed by atoms with E-state index in [-0.39, 0.29) is 23.2 Å². The van der Waals surface area contributed by atoms with E-state index in [4.69, 9.17) is 0 Å². The number of nitrogens with zero attached hydrogens (tertiary/aromatic N) is 2. The standard InChI is InChI=1S/C26H23FN4O2/c27-21-7-3-4-8-22(21)28-25(32)24-16-23(29-30-24)18-11-13-31(14-12-18)26(33)20-10-9-17-5-1-2-6-19(17)15-20/h1-10,15-16,18H,11-14H2,(H,28,32)(H,29,30). The molecular formula is C26H23FN4O2. The van der Waals surface area contributed by atoms with Crippen LogP contribution in [0.4, 0.5) is 10.1 Å². The lowest BCUT2D eigenvalue weighted by molar-refractivity contribution is 0.0712. The van der Waals surface area contributed by atoms with Crippen LogP contribution in [0.25, 0.3) is 10.8 Å². The number of carbonyl (C=O) groups excluding carboxylic acids is 2. The minimum absolute atomic E-state index is 0.0359. The number of amides is 2. The van der Waals surface area contributed by atoms with Gasteiger partial charge in [0.2, 0.25) is 0 Å². The molecule has 0 unspecified atom stereocenters. The Labute approximate surface area is 190 Å². The third-order valence-electron chi connectivity index (χ3n) is 6.17. The molecule has 166 valence electrons. The number of rotatable bonds is 4. The van der Waals surface area contributed by atoms with E-state index >= 15 is 0 Å². The lowest BCUT2D eigenvalue weighted by atomic mass is 9.93. The van der Waals surface area contributed by atoms with Gasteiger partial charge in [-0.25, -0.2) is 4.39 Å². The number of nitrogens with one attached hydrogen (secondary N) is 2. The molecule has 3 aromatic carbocycles. The zero-order valence-electron chi connectivity index (χ0n) is 17.9. The first-order valence-electron chi connectivity index (χ1n) is 11.0. The topological polar surface area (TPSA) is 78.1 Å². The molecule has 5 rings (SSSR count). The van der Waals surface area contributed by atoms with E-state index in [9.17, 15) is 14.0 Å². The first kappa shape index (κ1) is 20.9. The minimum Gasteiger partial charge on any atom is -0.339 e. The van der Waals surface area contributed by atoms with Crippen LogP contribution in [0.2, 0.25) is 0 Å². The maximum absolute atomic E-state index is 13.8. The summed E-state index contributed by atoms with van der Waals surface area (Å²) >= 11 is 0. The van der Waals surface area contributed by atoms with Crippen LogP contribution in [0, 0.1) is 5.82 Å². The van der Waals surface area contributed by atoms with Gasteiger partial charge < -0.3 is 10.2 Å². The highest BCUT2D eigenvalue weighted by atomic mass is 19.1. The predicted octanol–water partition coefficient (Wildman–Crippen LogP) is 4.97. The molecule has 1 aliphatic heterocycles. The lowest BCUT2D eigenvalue weighted by Gasteiger charge is -2.31. The summed E-state index contributed by atoms with van der Waals surface area (Å²) in [5.74, 6) is -0.751. The summed E-state index contributed by atoms with van der Waals surface area (Å²) in [7, 11) is 0. The Bertz CT molecular complexity index is 1320. The smallest absolute Gasteiger partial charge is 0.276 e. The fourth-order valence-corrected chi connectivity index (χ4v) is 4.31. The van der Waals surface area contributed by atoms with E-state index in [1.807, 2.05) is 47.4 Å². The number of carbonyl (C=O) groups is 2. The molecule has 1 aliphatic rings. The van der Waals surface area contributed by atoms with E-state index in [0.717, 1.165) is 29.3 Å². The molecule has 1 fully saturated rings. The van der Waals surface area contributed by atoms with Gasteiger partial charge in [-0.1, -0.05) is 42.5 Å². The third-order valence-corrected chi connectivity index (χ3v) is 6.17. The maximum Gasteiger partial charge on any atom is 0.276 e. The van der Waals surface area contributed by atoms with Crippen LogP contribution >= 0.6 is 0 Å². The highest BCUT2D eigenvalue weighted by Crippen LogP contribution is 2.28. The van der Waals surface area contributed by atoms with Crippen molar-refractivity contribution in [2.45, 2.75) is 18.8 Å². The largest absolute Gasteiger partial charge is 0.339 e. The van der Waals surface area contributed by atoms with E-state index in [1.165, 1.54) is 12.1 Å². The second kappa shape index (κ2) is 8.86. The highest BCUT2D eigenvalue weighted by Gasteiger charge is 2.26. The summed E-state index contributed by atoms with van der Waals surface area (Å²) in [5.41, 5.74) is 1.88.